The molecule has 2 fully saturated rings. The Morgan fingerprint density at radius 3 is 2.67 bits per heavy atom. The minimum Gasteiger partial charge on any atom is -0.396 e. The molecule has 2 N–H and O–H groups in total. The molecular weight excluding hydrogens is 188 g/mol. The maximum absolute atomic E-state index is 9.08. The molecule has 2 aliphatic rings. The van der Waals surface area contributed by atoms with Gasteiger partial charge in [0.15, 0.2) is 0 Å². The second-order valence-electron chi connectivity index (χ2n) is 5.64. The Morgan fingerprint density at radius 1 is 1.40 bits per heavy atom. The zero-order valence-corrected chi connectivity index (χ0v) is 9.84. The highest BCUT2D eigenvalue weighted by atomic mass is 16.3. The maximum atomic E-state index is 9.08. The van der Waals surface area contributed by atoms with Gasteiger partial charge in [-0.15, -0.1) is 0 Å². The van der Waals surface area contributed by atoms with Crippen LogP contribution in [0.4, 0.5) is 0 Å². The lowest BCUT2D eigenvalue weighted by molar-refractivity contribution is 0.101. The Bertz CT molecular complexity index is 194. The fourth-order valence-electron chi connectivity index (χ4n) is 2.87. The van der Waals surface area contributed by atoms with Crippen LogP contribution in [-0.4, -0.2) is 49.3 Å². The average Bonchev–Trinajstić information content (AvgIpc) is 2.66. The Kier molecular flexibility index (Phi) is 3.65. The molecule has 0 aromatic carbocycles. The first-order chi connectivity index (χ1) is 7.22. The average molecular weight is 212 g/mol. The van der Waals surface area contributed by atoms with Crippen LogP contribution in [0.5, 0.6) is 0 Å². The van der Waals surface area contributed by atoms with Gasteiger partial charge in [0.1, 0.15) is 0 Å². The van der Waals surface area contributed by atoms with Crippen molar-refractivity contribution in [2.24, 2.45) is 11.3 Å². The number of hydrogen-bond acceptors (Lipinski definition) is 3. The third kappa shape index (κ3) is 2.92. The number of nitrogens with zero attached hydrogens (tertiary/aromatic N) is 1. The largest absolute Gasteiger partial charge is 0.396 e. The van der Waals surface area contributed by atoms with Crippen LogP contribution in [-0.2, 0) is 0 Å². The molecule has 0 aromatic rings. The lowest BCUT2D eigenvalue weighted by atomic mass is 9.87. The summed E-state index contributed by atoms with van der Waals surface area (Å²) in [4.78, 5) is 2.58. The molecule has 1 atom stereocenters. The molecule has 0 amide bonds. The van der Waals surface area contributed by atoms with Crippen molar-refractivity contribution in [3.05, 3.63) is 0 Å². The van der Waals surface area contributed by atoms with Gasteiger partial charge in [-0.25, -0.2) is 0 Å². The van der Waals surface area contributed by atoms with E-state index < -0.39 is 0 Å². The van der Waals surface area contributed by atoms with E-state index in [1.165, 1.54) is 52.0 Å². The second kappa shape index (κ2) is 4.81. The highest BCUT2D eigenvalue weighted by Gasteiger charge is 2.31. The molecule has 0 bridgehead atoms. The van der Waals surface area contributed by atoms with Crippen LogP contribution < -0.4 is 5.32 Å². The van der Waals surface area contributed by atoms with Gasteiger partial charge in [0.05, 0.1) is 0 Å². The van der Waals surface area contributed by atoms with Gasteiger partial charge in [-0.1, -0.05) is 6.92 Å². The van der Waals surface area contributed by atoms with E-state index in [0.717, 1.165) is 0 Å². The summed E-state index contributed by atoms with van der Waals surface area (Å²) in [6.45, 7) is 8.73. The third-order valence-electron chi connectivity index (χ3n) is 4.03. The summed E-state index contributed by atoms with van der Waals surface area (Å²) in [6.07, 6.45) is 3.67. The molecule has 0 aliphatic carbocycles. The number of aliphatic hydroxyl groups is 1. The number of likely N-dealkylation sites (tertiary alicyclic amines) is 1. The number of aliphatic hydroxyl groups excluding tert-OH is 1. The van der Waals surface area contributed by atoms with Crippen molar-refractivity contribution >= 4 is 0 Å². The van der Waals surface area contributed by atoms with Gasteiger partial charge >= 0.3 is 0 Å². The smallest absolute Gasteiger partial charge is 0.0460 e. The zero-order valence-electron chi connectivity index (χ0n) is 9.84. The van der Waals surface area contributed by atoms with Crippen molar-refractivity contribution in [2.45, 2.75) is 26.2 Å². The molecule has 88 valence electrons. The number of piperidine rings is 1. The minimum atomic E-state index is 0.382. The number of hydrogen-bond donors (Lipinski definition) is 2. The second-order valence-corrected chi connectivity index (χ2v) is 5.64. The van der Waals surface area contributed by atoms with Crippen LogP contribution in [0, 0.1) is 11.3 Å². The Morgan fingerprint density at radius 2 is 2.13 bits per heavy atom. The van der Waals surface area contributed by atoms with E-state index in [1.807, 2.05) is 0 Å². The summed E-state index contributed by atoms with van der Waals surface area (Å²) < 4.78 is 0. The quantitative estimate of drug-likeness (QED) is 0.722. The topological polar surface area (TPSA) is 35.5 Å². The summed E-state index contributed by atoms with van der Waals surface area (Å²) in [5, 5.41) is 12.5. The first kappa shape index (κ1) is 11.4. The molecule has 2 saturated heterocycles. The highest BCUT2D eigenvalue weighted by Crippen LogP contribution is 2.27. The van der Waals surface area contributed by atoms with Gasteiger partial charge in [-0.3, -0.25) is 0 Å². The minimum absolute atomic E-state index is 0.382. The molecule has 2 heterocycles. The van der Waals surface area contributed by atoms with Crippen molar-refractivity contribution in [3.8, 4) is 0 Å². The highest BCUT2D eigenvalue weighted by molar-refractivity contribution is 4.87. The molecule has 3 heteroatoms. The van der Waals surface area contributed by atoms with Crippen LogP contribution >= 0.6 is 0 Å². The fourth-order valence-corrected chi connectivity index (χ4v) is 2.87. The summed E-state index contributed by atoms with van der Waals surface area (Å²) >= 11 is 0. The van der Waals surface area contributed by atoms with Crippen LogP contribution in [0.2, 0.25) is 0 Å². The molecule has 0 spiro atoms. The Hall–Kier alpha value is -0.120. The van der Waals surface area contributed by atoms with E-state index in [9.17, 15) is 0 Å². The van der Waals surface area contributed by atoms with Crippen LogP contribution in [0.1, 0.15) is 26.2 Å². The van der Waals surface area contributed by atoms with Crippen molar-refractivity contribution in [1.82, 2.24) is 10.2 Å². The van der Waals surface area contributed by atoms with Gasteiger partial charge in [-0.05, 0) is 50.2 Å². The van der Waals surface area contributed by atoms with Crippen molar-refractivity contribution in [1.29, 1.82) is 0 Å². The van der Waals surface area contributed by atoms with E-state index >= 15 is 0 Å². The maximum Gasteiger partial charge on any atom is 0.0460 e. The van der Waals surface area contributed by atoms with Crippen LogP contribution in [0.15, 0.2) is 0 Å². The first-order valence-electron chi connectivity index (χ1n) is 6.26. The predicted octanol–water partition coefficient (Wildman–Crippen LogP) is 0.690. The lowest BCUT2D eigenvalue weighted by Crippen LogP contribution is -2.42. The van der Waals surface area contributed by atoms with E-state index in [2.05, 4.69) is 17.1 Å². The normalized spacial score (nSPS) is 34.8. The monoisotopic (exact) mass is 212 g/mol. The van der Waals surface area contributed by atoms with E-state index in [1.54, 1.807) is 0 Å². The lowest BCUT2D eigenvalue weighted by Gasteiger charge is -2.36. The van der Waals surface area contributed by atoms with Gasteiger partial charge in [-0.2, -0.15) is 0 Å². The van der Waals surface area contributed by atoms with E-state index in [-0.39, 0.29) is 0 Å². The fraction of sp³-hybridized carbons (Fsp3) is 1.00. The van der Waals surface area contributed by atoms with Crippen molar-refractivity contribution in [3.63, 3.8) is 0 Å². The molecule has 0 saturated carbocycles. The van der Waals surface area contributed by atoms with Gasteiger partial charge in [0, 0.05) is 19.7 Å². The molecule has 3 nitrogen and oxygen atoms in total. The Balaban J connectivity index is 1.76. The molecular formula is C12H24N2O. The van der Waals surface area contributed by atoms with Gasteiger partial charge in [0.2, 0.25) is 0 Å². The summed E-state index contributed by atoms with van der Waals surface area (Å²) in [5.74, 6) is 0.566. The summed E-state index contributed by atoms with van der Waals surface area (Å²) in [5.41, 5.74) is 0.492. The molecule has 2 aliphatic heterocycles. The van der Waals surface area contributed by atoms with E-state index in [4.69, 9.17) is 5.11 Å². The molecule has 0 radical (unpaired) electrons. The first-order valence-corrected chi connectivity index (χ1v) is 6.26. The third-order valence-corrected chi connectivity index (χ3v) is 4.03. The number of nitrogens with one attached hydrogen (secondary N) is 1. The zero-order chi connectivity index (χ0) is 10.7. The Labute approximate surface area is 92.8 Å². The predicted molar refractivity (Wildman–Crippen MR) is 61.8 cm³/mol. The summed E-state index contributed by atoms with van der Waals surface area (Å²) in [6, 6.07) is 0. The molecule has 0 aromatic heterocycles. The molecule has 2 rings (SSSR count). The van der Waals surface area contributed by atoms with Crippen molar-refractivity contribution < 1.29 is 5.11 Å². The summed E-state index contributed by atoms with van der Waals surface area (Å²) in [7, 11) is 0. The van der Waals surface area contributed by atoms with Gasteiger partial charge < -0.3 is 15.3 Å². The number of rotatable bonds is 3. The van der Waals surface area contributed by atoms with Crippen molar-refractivity contribution in [2.75, 3.05) is 39.3 Å². The molecule has 15 heavy (non-hydrogen) atoms. The van der Waals surface area contributed by atoms with Crippen LogP contribution in [0.25, 0.3) is 0 Å². The molecule has 1 unspecified atom stereocenters. The van der Waals surface area contributed by atoms with Gasteiger partial charge in [0.25, 0.3) is 0 Å². The van der Waals surface area contributed by atoms with Crippen LogP contribution in [0.3, 0.4) is 0 Å². The van der Waals surface area contributed by atoms with E-state index in [0.29, 0.717) is 17.9 Å². The SMILES string of the molecule is CC1(CN2CCC(CO)CC2)CCNC1. The standard InChI is InChI=1S/C12H24N2O/c1-12(4-5-13-9-12)10-14-6-2-11(8-15)3-7-14/h11,13,15H,2-10H2,1H3.